The minimum Gasteiger partial charge on any atom is -0.449 e. The number of halogens is 1. The molecule has 6 heteroatoms. The number of hydrogen-bond donors (Lipinski definition) is 1. The summed E-state index contributed by atoms with van der Waals surface area (Å²) in [4.78, 5) is 35.6. The number of anilines is 1. The van der Waals surface area contributed by atoms with E-state index in [-0.39, 0.29) is 11.3 Å². The second-order valence-electron chi connectivity index (χ2n) is 5.63. The van der Waals surface area contributed by atoms with Crippen LogP contribution < -0.4 is 5.32 Å². The van der Waals surface area contributed by atoms with E-state index in [0.29, 0.717) is 16.8 Å². The maximum absolute atomic E-state index is 13.3. The van der Waals surface area contributed by atoms with E-state index in [2.05, 4.69) is 5.32 Å². The van der Waals surface area contributed by atoms with Crippen molar-refractivity contribution in [2.45, 2.75) is 26.9 Å². The van der Waals surface area contributed by atoms with Crippen molar-refractivity contribution in [1.29, 1.82) is 0 Å². The zero-order valence-electron chi connectivity index (χ0n) is 14.1. The van der Waals surface area contributed by atoms with Crippen LogP contribution in [0.15, 0.2) is 42.5 Å². The SMILES string of the molecule is CC(=O)c1cccc(NC(=O)[C@@H](C)OC(=O)c2cc(F)ccc2C)c1. The summed E-state index contributed by atoms with van der Waals surface area (Å²) >= 11 is 0. The van der Waals surface area contributed by atoms with Gasteiger partial charge in [0.15, 0.2) is 11.9 Å². The summed E-state index contributed by atoms with van der Waals surface area (Å²) in [5.41, 5.74) is 1.49. The lowest BCUT2D eigenvalue weighted by Crippen LogP contribution is -2.30. The predicted molar refractivity (Wildman–Crippen MR) is 91.1 cm³/mol. The molecule has 0 unspecified atom stereocenters. The van der Waals surface area contributed by atoms with Gasteiger partial charge in [0, 0.05) is 11.3 Å². The second kappa shape index (κ2) is 7.70. The van der Waals surface area contributed by atoms with E-state index in [1.165, 1.54) is 32.0 Å². The lowest BCUT2D eigenvalue weighted by Gasteiger charge is -2.14. The van der Waals surface area contributed by atoms with Gasteiger partial charge in [-0.2, -0.15) is 0 Å². The van der Waals surface area contributed by atoms with Crippen molar-refractivity contribution in [3.05, 3.63) is 65.0 Å². The summed E-state index contributed by atoms with van der Waals surface area (Å²) in [6.07, 6.45) is -1.09. The van der Waals surface area contributed by atoms with Gasteiger partial charge in [-0.15, -0.1) is 0 Å². The summed E-state index contributed by atoms with van der Waals surface area (Å²) in [7, 11) is 0. The third-order valence-corrected chi connectivity index (χ3v) is 3.61. The molecule has 2 rings (SSSR count). The number of benzene rings is 2. The lowest BCUT2D eigenvalue weighted by atomic mass is 10.1. The highest BCUT2D eigenvalue weighted by atomic mass is 19.1. The second-order valence-corrected chi connectivity index (χ2v) is 5.63. The minimum absolute atomic E-state index is 0.0678. The Kier molecular flexibility index (Phi) is 5.64. The molecule has 1 amide bonds. The van der Waals surface area contributed by atoms with E-state index in [1.54, 1.807) is 25.1 Å². The fourth-order valence-corrected chi connectivity index (χ4v) is 2.15. The Balaban J connectivity index is 2.05. The van der Waals surface area contributed by atoms with Gasteiger partial charge in [0.25, 0.3) is 5.91 Å². The smallest absolute Gasteiger partial charge is 0.339 e. The Hall–Kier alpha value is -3.02. The van der Waals surface area contributed by atoms with Crippen molar-refractivity contribution >= 4 is 23.3 Å². The van der Waals surface area contributed by atoms with Crippen LogP contribution in [0.2, 0.25) is 0 Å². The number of aryl methyl sites for hydroxylation is 1. The average Bonchev–Trinajstić information content (AvgIpc) is 2.57. The Bertz CT molecular complexity index is 832. The maximum Gasteiger partial charge on any atom is 0.339 e. The molecule has 2 aromatic carbocycles. The number of carbonyl (C=O) groups excluding carboxylic acids is 3. The highest BCUT2D eigenvalue weighted by Crippen LogP contribution is 2.15. The number of nitrogens with one attached hydrogen (secondary N) is 1. The summed E-state index contributed by atoms with van der Waals surface area (Å²) in [5.74, 6) is -2.02. The molecule has 0 aliphatic rings. The number of Topliss-reactive ketones (excluding diaryl/α,β-unsaturated/α-hetero) is 1. The first-order valence-electron chi connectivity index (χ1n) is 7.67. The summed E-state index contributed by atoms with van der Waals surface area (Å²) in [5, 5.41) is 2.58. The molecule has 1 atom stereocenters. The van der Waals surface area contributed by atoms with Crippen LogP contribution in [0.1, 0.15) is 40.1 Å². The van der Waals surface area contributed by atoms with Crippen molar-refractivity contribution in [1.82, 2.24) is 0 Å². The zero-order chi connectivity index (χ0) is 18.6. The fourth-order valence-electron chi connectivity index (χ4n) is 2.15. The number of amides is 1. The molecule has 1 N–H and O–H groups in total. The molecule has 0 aromatic heterocycles. The average molecular weight is 343 g/mol. The highest BCUT2D eigenvalue weighted by molar-refractivity contribution is 5.99. The Morgan fingerprint density at radius 3 is 2.52 bits per heavy atom. The van der Waals surface area contributed by atoms with Crippen LogP contribution in [0.5, 0.6) is 0 Å². The largest absolute Gasteiger partial charge is 0.449 e. The van der Waals surface area contributed by atoms with E-state index < -0.39 is 23.8 Å². The van der Waals surface area contributed by atoms with Gasteiger partial charge >= 0.3 is 5.97 Å². The monoisotopic (exact) mass is 343 g/mol. The molecule has 0 heterocycles. The molecular formula is C19H18FNO4. The Morgan fingerprint density at radius 1 is 1.12 bits per heavy atom. The molecule has 0 saturated heterocycles. The molecule has 2 aromatic rings. The first-order valence-corrected chi connectivity index (χ1v) is 7.67. The van der Waals surface area contributed by atoms with Crippen molar-refractivity contribution in [2.24, 2.45) is 0 Å². The fraction of sp³-hybridized carbons (Fsp3) is 0.211. The number of hydrogen-bond acceptors (Lipinski definition) is 4. The van der Waals surface area contributed by atoms with Crippen molar-refractivity contribution < 1.29 is 23.5 Å². The Labute approximate surface area is 144 Å². The van der Waals surface area contributed by atoms with Crippen LogP contribution in [-0.4, -0.2) is 23.8 Å². The first kappa shape index (κ1) is 18.3. The standard InChI is InChI=1S/C19H18FNO4/c1-11-7-8-15(20)10-17(11)19(24)25-13(3)18(23)21-16-6-4-5-14(9-16)12(2)22/h4-10,13H,1-3H3,(H,21,23)/t13-/m1/s1. The molecule has 0 fully saturated rings. The molecule has 0 aliphatic carbocycles. The van der Waals surface area contributed by atoms with Crippen LogP contribution in [0, 0.1) is 12.7 Å². The van der Waals surface area contributed by atoms with E-state index in [0.717, 1.165) is 6.07 Å². The van der Waals surface area contributed by atoms with Crippen LogP contribution in [-0.2, 0) is 9.53 Å². The lowest BCUT2D eigenvalue weighted by molar-refractivity contribution is -0.123. The predicted octanol–water partition coefficient (Wildman–Crippen LogP) is 3.52. The number of carbonyl (C=O) groups is 3. The van der Waals surface area contributed by atoms with Gasteiger partial charge in [-0.1, -0.05) is 18.2 Å². The van der Waals surface area contributed by atoms with Gasteiger partial charge in [-0.3, -0.25) is 9.59 Å². The third-order valence-electron chi connectivity index (χ3n) is 3.61. The van der Waals surface area contributed by atoms with Crippen LogP contribution in [0.4, 0.5) is 10.1 Å². The third kappa shape index (κ3) is 4.73. The molecule has 0 spiro atoms. The van der Waals surface area contributed by atoms with Gasteiger partial charge in [-0.05, 0) is 50.6 Å². The summed E-state index contributed by atoms with van der Waals surface area (Å²) in [6, 6.07) is 10.2. The minimum atomic E-state index is -1.09. The van der Waals surface area contributed by atoms with Crippen LogP contribution >= 0.6 is 0 Å². The van der Waals surface area contributed by atoms with Crippen molar-refractivity contribution in [2.75, 3.05) is 5.32 Å². The normalized spacial score (nSPS) is 11.5. The summed E-state index contributed by atoms with van der Waals surface area (Å²) in [6.45, 7) is 4.48. The van der Waals surface area contributed by atoms with Crippen LogP contribution in [0.25, 0.3) is 0 Å². The molecule has 25 heavy (non-hydrogen) atoms. The van der Waals surface area contributed by atoms with E-state index in [9.17, 15) is 18.8 Å². The number of ether oxygens (including phenoxy) is 1. The number of rotatable bonds is 5. The Morgan fingerprint density at radius 2 is 1.84 bits per heavy atom. The zero-order valence-corrected chi connectivity index (χ0v) is 14.1. The number of ketones is 1. The van der Waals surface area contributed by atoms with E-state index >= 15 is 0 Å². The van der Waals surface area contributed by atoms with Gasteiger partial charge in [0.2, 0.25) is 0 Å². The molecule has 0 bridgehead atoms. The molecular weight excluding hydrogens is 325 g/mol. The first-order chi connectivity index (χ1) is 11.8. The number of esters is 1. The maximum atomic E-state index is 13.3. The topological polar surface area (TPSA) is 72.5 Å². The highest BCUT2D eigenvalue weighted by Gasteiger charge is 2.20. The van der Waals surface area contributed by atoms with Crippen molar-refractivity contribution in [3.63, 3.8) is 0 Å². The molecule has 5 nitrogen and oxygen atoms in total. The van der Waals surface area contributed by atoms with E-state index in [1.807, 2.05) is 0 Å². The van der Waals surface area contributed by atoms with Gasteiger partial charge in [-0.25, -0.2) is 9.18 Å². The molecule has 0 aliphatic heterocycles. The van der Waals surface area contributed by atoms with Gasteiger partial charge in [0.05, 0.1) is 5.56 Å². The van der Waals surface area contributed by atoms with Gasteiger partial charge in [0.1, 0.15) is 5.82 Å². The van der Waals surface area contributed by atoms with Crippen molar-refractivity contribution in [3.8, 4) is 0 Å². The molecule has 130 valence electrons. The summed E-state index contributed by atoms with van der Waals surface area (Å²) < 4.78 is 18.4. The molecule has 0 radical (unpaired) electrons. The van der Waals surface area contributed by atoms with E-state index in [4.69, 9.17) is 4.74 Å². The molecule has 0 saturated carbocycles. The quantitative estimate of drug-likeness (QED) is 0.666. The van der Waals surface area contributed by atoms with Crippen LogP contribution in [0.3, 0.4) is 0 Å². The van der Waals surface area contributed by atoms with Gasteiger partial charge < -0.3 is 10.1 Å².